The molecule has 1 unspecified atom stereocenters. The van der Waals surface area contributed by atoms with Gasteiger partial charge in [0.2, 0.25) is 0 Å². The van der Waals surface area contributed by atoms with Gasteiger partial charge in [0.15, 0.2) is 0 Å². The summed E-state index contributed by atoms with van der Waals surface area (Å²) in [7, 11) is 0. The van der Waals surface area contributed by atoms with Gasteiger partial charge >= 0.3 is 5.97 Å². The van der Waals surface area contributed by atoms with Crippen LogP contribution >= 0.6 is 11.8 Å². The summed E-state index contributed by atoms with van der Waals surface area (Å²) in [6, 6.07) is 8.39. The SMILES string of the molecule is N[C@H](CSCC(O)c1ccccc1)C(=O)O. The first-order chi connectivity index (χ1) is 7.61. The highest BCUT2D eigenvalue weighted by atomic mass is 32.2. The van der Waals surface area contributed by atoms with E-state index in [1.165, 1.54) is 11.8 Å². The van der Waals surface area contributed by atoms with E-state index in [2.05, 4.69) is 0 Å². The molecule has 0 bridgehead atoms. The zero-order valence-electron chi connectivity index (χ0n) is 8.74. The molecule has 0 aromatic heterocycles. The first-order valence-corrected chi connectivity index (χ1v) is 6.06. The van der Waals surface area contributed by atoms with Gasteiger partial charge in [-0.1, -0.05) is 30.3 Å². The molecule has 16 heavy (non-hydrogen) atoms. The molecular weight excluding hydrogens is 226 g/mol. The zero-order chi connectivity index (χ0) is 12.0. The fraction of sp³-hybridized carbons (Fsp3) is 0.364. The summed E-state index contributed by atoms with van der Waals surface area (Å²) in [5.74, 6) is -0.258. The Morgan fingerprint density at radius 2 is 1.94 bits per heavy atom. The van der Waals surface area contributed by atoms with Gasteiger partial charge in [0, 0.05) is 11.5 Å². The predicted molar refractivity (Wildman–Crippen MR) is 64.3 cm³/mol. The Labute approximate surface area is 98.5 Å². The summed E-state index contributed by atoms with van der Waals surface area (Å²) in [5.41, 5.74) is 6.17. The van der Waals surface area contributed by atoms with E-state index in [9.17, 15) is 9.90 Å². The zero-order valence-corrected chi connectivity index (χ0v) is 9.56. The van der Waals surface area contributed by atoms with Crippen LogP contribution in [0.25, 0.3) is 0 Å². The van der Waals surface area contributed by atoms with Gasteiger partial charge < -0.3 is 15.9 Å². The fourth-order valence-corrected chi connectivity index (χ4v) is 2.10. The molecule has 0 amide bonds. The number of benzene rings is 1. The molecule has 5 heteroatoms. The van der Waals surface area contributed by atoms with Gasteiger partial charge in [-0.25, -0.2) is 0 Å². The maximum absolute atomic E-state index is 10.4. The smallest absolute Gasteiger partial charge is 0.321 e. The molecule has 0 saturated carbocycles. The first-order valence-electron chi connectivity index (χ1n) is 4.90. The summed E-state index contributed by atoms with van der Waals surface area (Å²) in [5, 5.41) is 18.3. The van der Waals surface area contributed by atoms with Gasteiger partial charge in [0.25, 0.3) is 0 Å². The van der Waals surface area contributed by atoms with Gasteiger partial charge in [-0.3, -0.25) is 4.79 Å². The number of aliphatic hydroxyl groups excluding tert-OH is 1. The number of carboxylic acid groups (broad SMARTS) is 1. The van der Waals surface area contributed by atoms with Crippen LogP contribution in [0.4, 0.5) is 0 Å². The Hall–Kier alpha value is -1.04. The van der Waals surface area contributed by atoms with Crippen molar-refractivity contribution in [2.45, 2.75) is 12.1 Å². The van der Waals surface area contributed by atoms with Crippen molar-refractivity contribution in [2.75, 3.05) is 11.5 Å². The van der Waals surface area contributed by atoms with Crippen LogP contribution in [0, 0.1) is 0 Å². The summed E-state index contributed by atoms with van der Waals surface area (Å²) in [6.45, 7) is 0. The minimum Gasteiger partial charge on any atom is -0.480 e. The van der Waals surface area contributed by atoms with E-state index in [1.54, 1.807) is 0 Å². The summed E-state index contributed by atoms with van der Waals surface area (Å²) < 4.78 is 0. The maximum atomic E-state index is 10.4. The van der Waals surface area contributed by atoms with Crippen LogP contribution in [0.3, 0.4) is 0 Å². The lowest BCUT2D eigenvalue weighted by Crippen LogP contribution is -2.32. The lowest BCUT2D eigenvalue weighted by molar-refractivity contribution is -0.137. The third-order valence-corrected chi connectivity index (χ3v) is 3.22. The molecule has 4 nitrogen and oxygen atoms in total. The number of rotatable bonds is 6. The maximum Gasteiger partial charge on any atom is 0.321 e. The van der Waals surface area contributed by atoms with Crippen molar-refractivity contribution in [1.29, 1.82) is 0 Å². The monoisotopic (exact) mass is 241 g/mol. The molecule has 88 valence electrons. The number of hydrogen-bond donors (Lipinski definition) is 3. The van der Waals surface area contributed by atoms with Crippen molar-refractivity contribution in [3.05, 3.63) is 35.9 Å². The van der Waals surface area contributed by atoms with Crippen LogP contribution in [0.2, 0.25) is 0 Å². The lowest BCUT2D eigenvalue weighted by atomic mass is 10.1. The third-order valence-electron chi connectivity index (χ3n) is 2.07. The van der Waals surface area contributed by atoms with Crippen molar-refractivity contribution < 1.29 is 15.0 Å². The Morgan fingerprint density at radius 3 is 2.50 bits per heavy atom. The van der Waals surface area contributed by atoms with E-state index < -0.39 is 18.1 Å². The Bertz CT molecular complexity index is 331. The predicted octanol–water partition coefficient (Wildman–Crippen LogP) is 0.865. The Balaban J connectivity index is 2.31. The second-order valence-electron chi connectivity index (χ2n) is 3.41. The molecule has 0 aliphatic heterocycles. The van der Waals surface area contributed by atoms with E-state index in [0.717, 1.165) is 5.56 Å². The van der Waals surface area contributed by atoms with Gasteiger partial charge in [-0.2, -0.15) is 11.8 Å². The largest absolute Gasteiger partial charge is 0.480 e. The number of thioether (sulfide) groups is 1. The van der Waals surface area contributed by atoms with Gasteiger partial charge in [-0.05, 0) is 5.56 Å². The number of carboxylic acids is 1. The highest BCUT2D eigenvalue weighted by Crippen LogP contribution is 2.17. The van der Waals surface area contributed by atoms with Crippen LogP contribution in [-0.2, 0) is 4.79 Å². The van der Waals surface area contributed by atoms with E-state index in [0.29, 0.717) is 11.5 Å². The third kappa shape index (κ3) is 4.22. The lowest BCUT2D eigenvalue weighted by Gasteiger charge is -2.11. The van der Waals surface area contributed by atoms with Crippen LogP contribution in [-0.4, -0.2) is 33.7 Å². The second-order valence-corrected chi connectivity index (χ2v) is 4.48. The van der Waals surface area contributed by atoms with E-state index in [1.807, 2.05) is 30.3 Å². The molecular formula is C11H15NO3S. The number of hydrogen-bond acceptors (Lipinski definition) is 4. The van der Waals surface area contributed by atoms with Crippen molar-refractivity contribution in [3.8, 4) is 0 Å². The molecule has 0 saturated heterocycles. The average Bonchev–Trinajstić information content (AvgIpc) is 2.29. The summed E-state index contributed by atoms with van der Waals surface area (Å²) >= 11 is 1.34. The molecule has 2 atom stereocenters. The topological polar surface area (TPSA) is 83.5 Å². The highest BCUT2D eigenvalue weighted by Gasteiger charge is 2.13. The van der Waals surface area contributed by atoms with Crippen LogP contribution in [0.1, 0.15) is 11.7 Å². The molecule has 0 radical (unpaired) electrons. The molecule has 4 N–H and O–H groups in total. The average molecular weight is 241 g/mol. The van der Waals surface area contributed by atoms with E-state index in [-0.39, 0.29) is 0 Å². The van der Waals surface area contributed by atoms with Crippen molar-refractivity contribution in [1.82, 2.24) is 0 Å². The molecule has 0 heterocycles. The van der Waals surface area contributed by atoms with E-state index >= 15 is 0 Å². The summed E-state index contributed by atoms with van der Waals surface area (Å²) in [6.07, 6.45) is -0.577. The van der Waals surface area contributed by atoms with Crippen molar-refractivity contribution >= 4 is 17.7 Å². The van der Waals surface area contributed by atoms with Crippen molar-refractivity contribution in [3.63, 3.8) is 0 Å². The Morgan fingerprint density at radius 1 is 1.31 bits per heavy atom. The molecule has 1 aromatic carbocycles. The number of nitrogens with two attached hydrogens (primary N) is 1. The quantitative estimate of drug-likeness (QED) is 0.688. The molecule has 0 aliphatic rings. The van der Waals surface area contributed by atoms with Gasteiger partial charge in [0.1, 0.15) is 6.04 Å². The van der Waals surface area contributed by atoms with Crippen LogP contribution < -0.4 is 5.73 Å². The highest BCUT2D eigenvalue weighted by molar-refractivity contribution is 7.99. The van der Waals surface area contributed by atoms with Crippen LogP contribution in [0.5, 0.6) is 0 Å². The first kappa shape index (κ1) is 13.0. The molecule has 0 spiro atoms. The minimum atomic E-state index is -1.01. The van der Waals surface area contributed by atoms with Crippen molar-refractivity contribution in [2.24, 2.45) is 5.73 Å². The number of aliphatic hydroxyl groups is 1. The standard InChI is InChI=1S/C11H15NO3S/c12-9(11(14)15)6-16-7-10(13)8-4-2-1-3-5-8/h1-5,9-10,13H,6-7,12H2,(H,14,15)/t9-,10?/m1/s1. The molecule has 0 fully saturated rings. The summed E-state index contributed by atoms with van der Waals surface area (Å²) in [4.78, 5) is 10.4. The molecule has 1 aromatic rings. The normalized spacial score (nSPS) is 14.4. The number of aliphatic carboxylic acids is 1. The van der Waals surface area contributed by atoms with Gasteiger partial charge in [0.05, 0.1) is 6.10 Å². The fourth-order valence-electron chi connectivity index (χ4n) is 1.15. The number of carbonyl (C=O) groups is 1. The van der Waals surface area contributed by atoms with E-state index in [4.69, 9.17) is 10.8 Å². The second kappa shape index (κ2) is 6.52. The molecule has 1 rings (SSSR count). The minimum absolute atomic E-state index is 0.305. The van der Waals surface area contributed by atoms with Gasteiger partial charge in [-0.15, -0.1) is 0 Å². The molecule has 0 aliphatic carbocycles. The Kier molecular flexibility index (Phi) is 5.31. The van der Waals surface area contributed by atoms with Crippen LogP contribution in [0.15, 0.2) is 30.3 Å².